The lowest BCUT2D eigenvalue weighted by molar-refractivity contribution is 0.0660. The summed E-state index contributed by atoms with van der Waals surface area (Å²) in [5.74, 6) is 0.901. The lowest BCUT2D eigenvalue weighted by Gasteiger charge is -2.32. The Morgan fingerprint density at radius 1 is 1.10 bits per heavy atom. The van der Waals surface area contributed by atoms with E-state index in [4.69, 9.17) is 16.3 Å². The molecule has 1 atom stereocenters. The number of aromatic nitrogens is 2. The lowest BCUT2D eigenvalue weighted by atomic mass is 9.95. The van der Waals surface area contributed by atoms with Gasteiger partial charge in [0, 0.05) is 22.2 Å². The van der Waals surface area contributed by atoms with Gasteiger partial charge in [-0.1, -0.05) is 55.6 Å². The fourth-order valence-corrected chi connectivity index (χ4v) is 4.97. The minimum Gasteiger partial charge on any atom is -0.494 e. The van der Waals surface area contributed by atoms with Crippen molar-refractivity contribution in [3.63, 3.8) is 0 Å². The van der Waals surface area contributed by atoms with Crippen LogP contribution in [0.2, 0.25) is 5.02 Å². The van der Waals surface area contributed by atoms with Gasteiger partial charge < -0.3 is 9.64 Å². The highest BCUT2D eigenvalue weighted by Crippen LogP contribution is 2.46. The molecule has 3 aromatic rings. The van der Waals surface area contributed by atoms with Crippen molar-refractivity contribution in [1.29, 1.82) is 0 Å². The van der Waals surface area contributed by atoms with Crippen LogP contribution in [-0.2, 0) is 0 Å². The summed E-state index contributed by atoms with van der Waals surface area (Å²) < 4.78 is 5.77. The molecular formula is C25H26ClN3O2. The molecule has 1 aromatic heterocycles. The van der Waals surface area contributed by atoms with Gasteiger partial charge in [0.1, 0.15) is 11.4 Å². The summed E-state index contributed by atoms with van der Waals surface area (Å²) in [6.07, 6.45) is 5.40. The molecule has 1 aliphatic carbocycles. The van der Waals surface area contributed by atoms with Crippen LogP contribution in [0.4, 0.5) is 0 Å². The molecule has 160 valence electrons. The molecule has 1 unspecified atom stereocenters. The Morgan fingerprint density at radius 3 is 2.48 bits per heavy atom. The Balaban J connectivity index is 1.59. The highest BCUT2D eigenvalue weighted by atomic mass is 35.5. The number of fused-ring (bicyclic) bond motifs is 1. The van der Waals surface area contributed by atoms with Crippen LogP contribution < -0.4 is 4.74 Å². The van der Waals surface area contributed by atoms with Crippen LogP contribution in [0.3, 0.4) is 0 Å². The van der Waals surface area contributed by atoms with Crippen LogP contribution in [0.1, 0.15) is 66.7 Å². The molecule has 2 aromatic carbocycles. The highest BCUT2D eigenvalue weighted by Gasteiger charge is 2.45. The van der Waals surface area contributed by atoms with Crippen molar-refractivity contribution in [3.8, 4) is 17.0 Å². The molecule has 0 spiro atoms. The van der Waals surface area contributed by atoms with E-state index in [2.05, 4.69) is 34.2 Å². The molecule has 6 heteroatoms. The van der Waals surface area contributed by atoms with E-state index in [1.54, 1.807) is 0 Å². The van der Waals surface area contributed by atoms with Gasteiger partial charge in [0.25, 0.3) is 5.91 Å². The van der Waals surface area contributed by atoms with E-state index in [9.17, 15) is 4.79 Å². The van der Waals surface area contributed by atoms with Crippen LogP contribution in [-0.4, -0.2) is 33.7 Å². The Hall–Kier alpha value is -2.79. The minimum absolute atomic E-state index is 0.0472. The smallest absolute Gasteiger partial charge is 0.273 e. The first-order chi connectivity index (χ1) is 15.2. The molecule has 0 radical (unpaired) electrons. The van der Waals surface area contributed by atoms with E-state index < -0.39 is 0 Å². The topological polar surface area (TPSA) is 58.2 Å². The van der Waals surface area contributed by atoms with E-state index in [1.807, 2.05) is 36.4 Å². The number of hydrogen-bond donors (Lipinski definition) is 1. The Morgan fingerprint density at radius 2 is 1.81 bits per heavy atom. The van der Waals surface area contributed by atoms with E-state index >= 15 is 0 Å². The number of ether oxygens (including phenoxy) is 1. The van der Waals surface area contributed by atoms with E-state index in [1.165, 1.54) is 12.8 Å². The first kappa shape index (κ1) is 20.1. The number of H-pyrrole nitrogens is 1. The number of nitrogens with one attached hydrogen (secondary N) is 1. The molecule has 0 saturated heterocycles. The minimum atomic E-state index is -0.157. The van der Waals surface area contributed by atoms with Crippen LogP contribution in [0, 0.1) is 0 Å². The molecule has 31 heavy (non-hydrogen) atoms. The van der Waals surface area contributed by atoms with Crippen molar-refractivity contribution in [3.05, 3.63) is 70.4 Å². The van der Waals surface area contributed by atoms with Crippen molar-refractivity contribution in [2.24, 2.45) is 0 Å². The molecular weight excluding hydrogens is 410 g/mol. The van der Waals surface area contributed by atoms with Gasteiger partial charge in [0.2, 0.25) is 0 Å². The van der Waals surface area contributed by atoms with Crippen molar-refractivity contribution in [1.82, 2.24) is 15.1 Å². The number of benzene rings is 2. The Kier molecular flexibility index (Phi) is 5.45. The second kappa shape index (κ2) is 8.39. The molecule has 5 nitrogen and oxygen atoms in total. The summed E-state index contributed by atoms with van der Waals surface area (Å²) in [6, 6.07) is 15.9. The van der Waals surface area contributed by atoms with Crippen LogP contribution >= 0.6 is 11.6 Å². The SMILES string of the molecule is CCCOc1ccc(C2c3c(-c4ccc(Cl)cc4)n[nH]c3C(=O)N2C2CCCC2)cc1. The van der Waals surface area contributed by atoms with E-state index in [0.29, 0.717) is 17.3 Å². The number of nitrogens with zero attached hydrogens (tertiary/aromatic N) is 2. The van der Waals surface area contributed by atoms with Gasteiger partial charge in [0.05, 0.1) is 18.3 Å². The van der Waals surface area contributed by atoms with Gasteiger partial charge in [0.15, 0.2) is 0 Å². The maximum absolute atomic E-state index is 13.5. The lowest BCUT2D eigenvalue weighted by Crippen LogP contribution is -2.37. The quantitative estimate of drug-likeness (QED) is 0.516. The number of rotatable bonds is 6. The molecule has 5 rings (SSSR count). The van der Waals surface area contributed by atoms with Crippen molar-refractivity contribution < 1.29 is 9.53 Å². The number of aromatic amines is 1. The number of hydrogen-bond acceptors (Lipinski definition) is 3. The summed E-state index contributed by atoms with van der Waals surface area (Å²) >= 11 is 6.10. The van der Waals surface area contributed by atoms with E-state index in [0.717, 1.165) is 47.4 Å². The molecule has 1 aliphatic heterocycles. The van der Waals surface area contributed by atoms with E-state index in [-0.39, 0.29) is 18.0 Å². The zero-order valence-electron chi connectivity index (χ0n) is 17.6. The fraction of sp³-hybridized carbons (Fsp3) is 0.360. The average Bonchev–Trinajstić information content (AvgIpc) is 3.51. The first-order valence-corrected chi connectivity index (χ1v) is 11.4. The third-order valence-corrected chi connectivity index (χ3v) is 6.56. The van der Waals surface area contributed by atoms with Gasteiger partial charge in [-0.25, -0.2) is 0 Å². The summed E-state index contributed by atoms with van der Waals surface area (Å²) in [6.45, 7) is 2.79. The molecule has 1 N–H and O–H groups in total. The molecule has 2 heterocycles. The first-order valence-electron chi connectivity index (χ1n) is 11.1. The third-order valence-electron chi connectivity index (χ3n) is 6.31. The largest absolute Gasteiger partial charge is 0.494 e. The van der Waals surface area contributed by atoms with Gasteiger partial charge in [-0.05, 0) is 49.1 Å². The van der Waals surface area contributed by atoms with Gasteiger partial charge in [-0.15, -0.1) is 0 Å². The molecule has 1 amide bonds. The molecule has 1 fully saturated rings. The highest BCUT2D eigenvalue weighted by molar-refractivity contribution is 6.30. The summed E-state index contributed by atoms with van der Waals surface area (Å²) in [5.41, 5.74) is 4.42. The Bertz CT molecular complexity index is 1070. The van der Waals surface area contributed by atoms with Crippen LogP contribution in [0.25, 0.3) is 11.3 Å². The van der Waals surface area contributed by atoms with Gasteiger partial charge in [-0.3, -0.25) is 9.89 Å². The number of amides is 1. The average molecular weight is 436 g/mol. The number of carbonyl (C=O) groups excluding carboxylic acids is 1. The monoisotopic (exact) mass is 435 g/mol. The predicted molar refractivity (Wildman–Crippen MR) is 122 cm³/mol. The zero-order chi connectivity index (χ0) is 21.4. The van der Waals surface area contributed by atoms with Gasteiger partial charge >= 0.3 is 0 Å². The van der Waals surface area contributed by atoms with Crippen LogP contribution in [0.15, 0.2) is 48.5 Å². The number of carbonyl (C=O) groups is 1. The molecule has 1 saturated carbocycles. The third kappa shape index (κ3) is 3.61. The van der Waals surface area contributed by atoms with Crippen molar-refractivity contribution in [2.45, 2.75) is 51.1 Å². The Labute approximate surface area is 187 Å². The maximum atomic E-state index is 13.5. The van der Waals surface area contributed by atoms with Crippen molar-refractivity contribution >= 4 is 17.5 Å². The molecule has 0 bridgehead atoms. The van der Waals surface area contributed by atoms with Crippen LogP contribution in [0.5, 0.6) is 5.75 Å². The van der Waals surface area contributed by atoms with Gasteiger partial charge in [-0.2, -0.15) is 5.10 Å². The summed E-state index contributed by atoms with van der Waals surface area (Å²) in [4.78, 5) is 15.6. The normalized spacial score (nSPS) is 18.6. The second-order valence-electron chi connectivity index (χ2n) is 8.34. The standard InChI is InChI=1S/C25H26ClN3O2/c1-2-15-31-20-13-9-17(10-14-20)24-21-22(16-7-11-18(26)12-8-16)27-28-23(21)25(30)29(24)19-5-3-4-6-19/h7-14,19,24H,2-6,15H2,1H3,(H,27,28). The fourth-order valence-electron chi connectivity index (χ4n) is 4.85. The number of halogens is 1. The van der Waals surface area contributed by atoms with Crippen molar-refractivity contribution in [2.75, 3.05) is 6.61 Å². The second-order valence-corrected chi connectivity index (χ2v) is 8.77. The zero-order valence-corrected chi connectivity index (χ0v) is 18.4. The predicted octanol–water partition coefficient (Wildman–Crippen LogP) is 6.01. The molecule has 2 aliphatic rings. The maximum Gasteiger partial charge on any atom is 0.273 e. The summed E-state index contributed by atoms with van der Waals surface area (Å²) in [7, 11) is 0. The summed E-state index contributed by atoms with van der Waals surface area (Å²) in [5, 5.41) is 8.26.